The summed E-state index contributed by atoms with van der Waals surface area (Å²) in [6.07, 6.45) is 2.72. The molecule has 0 aliphatic rings. The Morgan fingerprint density at radius 2 is 1.93 bits per heavy atom. The molecular formula is C24H25NO5. The minimum absolute atomic E-state index is 0.258. The zero-order chi connectivity index (χ0) is 21.7. The third-order valence-electron chi connectivity index (χ3n) is 4.67. The topological polar surface area (TPSA) is 77.8 Å². The van der Waals surface area contributed by atoms with E-state index in [2.05, 4.69) is 19.2 Å². The molecule has 156 valence electrons. The highest BCUT2D eigenvalue weighted by atomic mass is 16.5. The smallest absolute Gasteiger partial charge is 0.331 e. The van der Waals surface area contributed by atoms with E-state index in [0.29, 0.717) is 17.1 Å². The fraction of sp³-hybridized carbons (Fsp3) is 0.250. The standard InChI is InChI=1S/C24H25NO5/c1-15(2)19-9-5-7-16(3)23(19)25-21(26)14-29-22(27)12-11-18-13-17-8-6-10-20(28-4)24(17)30-18/h5-13,15H,14H2,1-4H3,(H,25,26). The SMILES string of the molecule is COc1cccc2cc(C=CC(=O)OCC(=O)Nc3c(C)cccc3C(C)C)oc12. The lowest BCUT2D eigenvalue weighted by molar-refractivity contribution is -0.142. The average Bonchev–Trinajstić information content (AvgIpc) is 3.15. The van der Waals surface area contributed by atoms with Crippen molar-refractivity contribution in [2.45, 2.75) is 26.7 Å². The van der Waals surface area contributed by atoms with Crippen molar-refractivity contribution in [2.24, 2.45) is 0 Å². The fourth-order valence-electron chi connectivity index (χ4n) is 3.15. The van der Waals surface area contributed by atoms with Crippen molar-refractivity contribution in [2.75, 3.05) is 19.0 Å². The molecular weight excluding hydrogens is 382 g/mol. The van der Waals surface area contributed by atoms with E-state index < -0.39 is 5.97 Å². The second-order valence-electron chi connectivity index (χ2n) is 7.21. The van der Waals surface area contributed by atoms with Crippen LogP contribution in [-0.4, -0.2) is 25.6 Å². The number of hydrogen-bond acceptors (Lipinski definition) is 5. The molecule has 30 heavy (non-hydrogen) atoms. The summed E-state index contributed by atoms with van der Waals surface area (Å²) in [5.41, 5.74) is 3.36. The van der Waals surface area contributed by atoms with E-state index >= 15 is 0 Å². The van der Waals surface area contributed by atoms with Crippen molar-refractivity contribution in [3.05, 3.63) is 65.4 Å². The monoisotopic (exact) mass is 407 g/mol. The van der Waals surface area contributed by atoms with Gasteiger partial charge in [-0.1, -0.05) is 44.2 Å². The van der Waals surface area contributed by atoms with Gasteiger partial charge in [-0.2, -0.15) is 0 Å². The lowest BCUT2D eigenvalue weighted by atomic mass is 9.98. The number of esters is 1. The second-order valence-corrected chi connectivity index (χ2v) is 7.21. The van der Waals surface area contributed by atoms with Crippen LogP contribution in [-0.2, 0) is 14.3 Å². The number of benzene rings is 2. The van der Waals surface area contributed by atoms with Gasteiger partial charge >= 0.3 is 5.97 Å². The number of ether oxygens (including phenoxy) is 2. The molecule has 1 heterocycles. The minimum atomic E-state index is -0.633. The third-order valence-corrected chi connectivity index (χ3v) is 4.67. The Morgan fingerprint density at radius 1 is 1.17 bits per heavy atom. The molecule has 1 amide bonds. The lowest BCUT2D eigenvalue weighted by Crippen LogP contribution is -2.21. The number of carbonyl (C=O) groups excluding carboxylic acids is 2. The summed E-state index contributed by atoms with van der Waals surface area (Å²) in [6.45, 7) is 5.67. The molecule has 3 aromatic rings. The zero-order valence-electron chi connectivity index (χ0n) is 17.5. The first kappa shape index (κ1) is 21.2. The Hall–Kier alpha value is -3.54. The summed E-state index contributed by atoms with van der Waals surface area (Å²) in [6, 6.07) is 13.2. The molecule has 0 bridgehead atoms. The number of aryl methyl sites for hydroxylation is 1. The predicted molar refractivity (Wildman–Crippen MR) is 117 cm³/mol. The molecule has 0 saturated heterocycles. The van der Waals surface area contributed by atoms with Crippen molar-refractivity contribution in [1.29, 1.82) is 0 Å². The Kier molecular flexibility index (Phi) is 6.57. The van der Waals surface area contributed by atoms with Gasteiger partial charge < -0.3 is 19.2 Å². The quantitative estimate of drug-likeness (QED) is 0.437. The van der Waals surface area contributed by atoms with Crippen LogP contribution in [0.25, 0.3) is 17.0 Å². The van der Waals surface area contributed by atoms with Crippen molar-refractivity contribution >= 4 is 34.6 Å². The number of furan rings is 1. The maximum atomic E-state index is 12.3. The van der Waals surface area contributed by atoms with Gasteiger partial charge in [-0.15, -0.1) is 0 Å². The molecule has 0 aliphatic carbocycles. The van der Waals surface area contributed by atoms with Crippen LogP contribution in [0.5, 0.6) is 5.75 Å². The van der Waals surface area contributed by atoms with Gasteiger partial charge in [-0.25, -0.2) is 4.79 Å². The molecule has 3 rings (SSSR count). The first-order valence-electron chi connectivity index (χ1n) is 9.69. The average molecular weight is 407 g/mol. The van der Waals surface area contributed by atoms with Crippen LogP contribution < -0.4 is 10.1 Å². The van der Waals surface area contributed by atoms with Crippen molar-refractivity contribution in [3.8, 4) is 5.75 Å². The number of hydrogen-bond donors (Lipinski definition) is 1. The zero-order valence-corrected chi connectivity index (χ0v) is 17.5. The van der Waals surface area contributed by atoms with Gasteiger partial charge in [-0.3, -0.25) is 4.79 Å². The van der Waals surface area contributed by atoms with Gasteiger partial charge in [-0.05, 0) is 42.2 Å². The van der Waals surface area contributed by atoms with Crippen LogP contribution in [0.2, 0.25) is 0 Å². The molecule has 0 spiro atoms. The van der Waals surface area contributed by atoms with Crippen LogP contribution in [0.3, 0.4) is 0 Å². The van der Waals surface area contributed by atoms with Gasteiger partial charge in [0.1, 0.15) is 5.76 Å². The Bertz CT molecular complexity index is 1090. The normalized spacial score (nSPS) is 11.2. The molecule has 1 aromatic heterocycles. The Morgan fingerprint density at radius 3 is 2.67 bits per heavy atom. The van der Waals surface area contributed by atoms with Crippen molar-refractivity contribution in [3.63, 3.8) is 0 Å². The number of rotatable bonds is 7. The number of para-hydroxylation sites is 2. The Labute approximate surface area is 175 Å². The number of amides is 1. The maximum Gasteiger partial charge on any atom is 0.331 e. The van der Waals surface area contributed by atoms with Crippen LogP contribution in [0.15, 0.2) is 53.0 Å². The van der Waals surface area contributed by atoms with Crippen LogP contribution in [0.4, 0.5) is 5.69 Å². The van der Waals surface area contributed by atoms with E-state index in [9.17, 15) is 9.59 Å². The second kappa shape index (κ2) is 9.31. The molecule has 6 heteroatoms. The molecule has 2 aromatic carbocycles. The third kappa shape index (κ3) is 4.89. The van der Waals surface area contributed by atoms with Crippen LogP contribution >= 0.6 is 0 Å². The lowest BCUT2D eigenvalue weighted by Gasteiger charge is -2.16. The highest BCUT2D eigenvalue weighted by Crippen LogP contribution is 2.29. The fourth-order valence-corrected chi connectivity index (χ4v) is 3.15. The van der Waals surface area contributed by atoms with E-state index in [1.165, 1.54) is 12.2 Å². The van der Waals surface area contributed by atoms with Crippen LogP contribution in [0, 0.1) is 6.92 Å². The summed E-state index contributed by atoms with van der Waals surface area (Å²) < 4.78 is 16.0. The van der Waals surface area contributed by atoms with Crippen molar-refractivity contribution < 1.29 is 23.5 Å². The number of methoxy groups -OCH3 is 1. The molecule has 0 radical (unpaired) electrons. The van der Waals surface area contributed by atoms with E-state index in [0.717, 1.165) is 22.2 Å². The molecule has 0 unspecified atom stereocenters. The summed E-state index contributed by atoms with van der Waals surface area (Å²) in [7, 11) is 1.57. The minimum Gasteiger partial charge on any atom is -0.493 e. The Balaban J connectivity index is 1.59. The van der Waals surface area contributed by atoms with Gasteiger partial charge in [0.2, 0.25) is 0 Å². The molecule has 0 fully saturated rings. The van der Waals surface area contributed by atoms with Gasteiger partial charge in [0.05, 0.1) is 7.11 Å². The number of anilines is 1. The molecule has 1 N–H and O–H groups in total. The summed E-state index contributed by atoms with van der Waals surface area (Å²) >= 11 is 0. The summed E-state index contributed by atoms with van der Waals surface area (Å²) in [5.74, 6) is 0.335. The molecule has 0 atom stereocenters. The largest absolute Gasteiger partial charge is 0.493 e. The maximum absolute atomic E-state index is 12.3. The summed E-state index contributed by atoms with van der Waals surface area (Å²) in [4.78, 5) is 24.3. The highest BCUT2D eigenvalue weighted by molar-refractivity contribution is 5.96. The number of nitrogens with one attached hydrogen (secondary N) is 1. The van der Waals surface area contributed by atoms with Gasteiger partial charge in [0.25, 0.3) is 5.91 Å². The molecule has 0 saturated carbocycles. The number of carbonyl (C=O) groups is 2. The first-order valence-corrected chi connectivity index (χ1v) is 9.69. The highest BCUT2D eigenvalue weighted by Gasteiger charge is 2.13. The molecule has 6 nitrogen and oxygen atoms in total. The van der Waals surface area contributed by atoms with E-state index in [4.69, 9.17) is 13.9 Å². The van der Waals surface area contributed by atoms with Crippen molar-refractivity contribution in [1.82, 2.24) is 0 Å². The van der Waals surface area contributed by atoms with Gasteiger partial charge in [0.15, 0.2) is 17.9 Å². The van der Waals surface area contributed by atoms with Crippen LogP contribution in [0.1, 0.15) is 36.7 Å². The predicted octanol–water partition coefficient (Wildman–Crippen LogP) is 5.07. The molecule has 0 aliphatic heterocycles. The first-order chi connectivity index (χ1) is 14.4. The van der Waals surface area contributed by atoms with E-state index in [1.54, 1.807) is 19.2 Å². The number of fused-ring (bicyclic) bond motifs is 1. The van der Waals surface area contributed by atoms with E-state index in [-0.39, 0.29) is 18.4 Å². The van der Waals surface area contributed by atoms with Gasteiger partial charge in [0, 0.05) is 17.1 Å². The summed E-state index contributed by atoms with van der Waals surface area (Å²) in [5, 5.41) is 3.71. The van der Waals surface area contributed by atoms with E-state index in [1.807, 2.05) is 37.3 Å².